The van der Waals surface area contributed by atoms with Crippen LogP contribution in [0.15, 0.2) is 0 Å². The van der Waals surface area contributed by atoms with E-state index in [1.165, 1.54) is 18.4 Å². The Morgan fingerprint density at radius 3 is 2.08 bits per heavy atom. The maximum Gasteiger partial charge on any atom is 0.281 e. The van der Waals surface area contributed by atoms with Crippen molar-refractivity contribution in [2.24, 2.45) is 0 Å². The van der Waals surface area contributed by atoms with Crippen molar-refractivity contribution < 1.29 is 13.5 Å². The molecule has 0 aromatic carbocycles. The van der Waals surface area contributed by atoms with Gasteiger partial charge in [0.1, 0.15) is 0 Å². The molecule has 0 bridgehead atoms. The van der Waals surface area contributed by atoms with Crippen molar-refractivity contribution in [3.05, 3.63) is 0 Å². The van der Waals surface area contributed by atoms with Crippen LogP contribution < -0.4 is 0 Å². The minimum Gasteiger partial charge on any atom is -0.395 e. The molecule has 0 heterocycles. The molecule has 80 valence electrons. The Morgan fingerprint density at radius 2 is 1.77 bits per heavy atom. The van der Waals surface area contributed by atoms with Crippen LogP contribution in [0.5, 0.6) is 0 Å². The van der Waals surface area contributed by atoms with E-state index in [9.17, 15) is 8.42 Å². The molecule has 1 N–H and O–H groups in total. The quantitative estimate of drug-likeness (QED) is 0.643. The molecule has 0 fully saturated rings. The van der Waals surface area contributed by atoms with Crippen molar-refractivity contribution in [2.75, 3.05) is 33.8 Å². The average molecular weight is 210 g/mol. The molecule has 0 radical (unpaired) electrons. The smallest absolute Gasteiger partial charge is 0.281 e. The fourth-order valence-corrected chi connectivity index (χ4v) is 2.12. The second-order valence-corrected chi connectivity index (χ2v) is 5.06. The first-order valence-electron chi connectivity index (χ1n) is 4.25. The summed E-state index contributed by atoms with van der Waals surface area (Å²) < 4.78 is 25.5. The molecule has 0 aliphatic carbocycles. The summed E-state index contributed by atoms with van der Waals surface area (Å²) in [6.45, 7) is 2.36. The van der Waals surface area contributed by atoms with E-state index in [1.807, 2.05) is 6.92 Å². The number of hydrogen-bond donors (Lipinski definition) is 1. The standard InChI is InChI=1S/C7H18N2O3S/c1-4-5-9(6-7-10)13(11,12)8(2)3/h10H,4-7H2,1-3H3. The lowest BCUT2D eigenvalue weighted by molar-refractivity contribution is 0.248. The van der Waals surface area contributed by atoms with Crippen LogP contribution in [0.4, 0.5) is 0 Å². The van der Waals surface area contributed by atoms with Gasteiger partial charge in [-0.2, -0.15) is 17.0 Å². The number of nitrogens with zero attached hydrogens (tertiary/aromatic N) is 2. The molecular weight excluding hydrogens is 192 g/mol. The maximum atomic E-state index is 11.6. The van der Waals surface area contributed by atoms with Crippen molar-refractivity contribution in [1.29, 1.82) is 0 Å². The number of aliphatic hydroxyl groups is 1. The lowest BCUT2D eigenvalue weighted by Gasteiger charge is -2.23. The van der Waals surface area contributed by atoms with Gasteiger partial charge in [-0.1, -0.05) is 6.92 Å². The van der Waals surface area contributed by atoms with Gasteiger partial charge < -0.3 is 5.11 Å². The van der Waals surface area contributed by atoms with E-state index in [4.69, 9.17) is 5.11 Å². The van der Waals surface area contributed by atoms with Crippen molar-refractivity contribution in [2.45, 2.75) is 13.3 Å². The molecule has 0 amide bonds. The van der Waals surface area contributed by atoms with Crippen LogP contribution in [-0.2, 0) is 10.2 Å². The Bertz CT molecular complexity index is 220. The predicted octanol–water partition coefficient (Wildman–Crippen LogP) is -0.503. The zero-order valence-corrected chi connectivity index (χ0v) is 9.21. The third-order valence-corrected chi connectivity index (χ3v) is 3.55. The first-order valence-corrected chi connectivity index (χ1v) is 5.65. The Morgan fingerprint density at radius 1 is 1.23 bits per heavy atom. The molecule has 0 rings (SSSR count). The van der Waals surface area contributed by atoms with Crippen LogP contribution in [0.25, 0.3) is 0 Å². The van der Waals surface area contributed by atoms with Gasteiger partial charge in [0.2, 0.25) is 0 Å². The molecule has 0 saturated heterocycles. The summed E-state index contributed by atoms with van der Waals surface area (Å²) >= 11 is 0. The SMILES string of the molecule is CCCN(CCO)S(=O)(=O)N(C)C. The van der Waals surface area contributed by atoms with Crippen LogP contribution in [0.2, 0.25) is 0 Å². The van der Waals surface area contributed by atoms with E-state index < -0.39 is 10.2 Å². The Hall–Kier alpha value is -0.170. The van der Waals surface area contributed by atoms with Gasteiger partial charge in [0.15, 0.2) is 0 Å². The average Bonchev–Trinajstić information content (AvgIpc) is 2.03. The van der Waals surface area contributed by atoms with Crippen LogP contribution in [0.1, 0.15) is 13.3 Å². The summed E-state index contributed by atoms with van der Waals surface area (Å²) in [5, 5.41) is 8.68. The molecule has 0 spiro atoms. The lowest BCUT2D eigenvalue weighted by Crippen LogP contribution is -2.41. The van der Waals surface area contributed by atoms with Crippen LogP contribution in [0.3, 0.4) is 0 Å². The van der Waals surface area contributed by atoms with Gasteiger partial charge in [0.25, 0.3) is 10.2 Å². The molecule has 0 unspecified atom stereocenters. The Labute approximate surface area is 80.1 Å². The van der Waals surface area contributed by atoms with Gasteiger partial charge in [0, 0.05) is 27.2 Å². The second-order valence-electron chi connectivity index (χ2n) is 2.91. The monoisotopic (exact) mass is 210 g/mol. The van der Waals surface area contributed by atoms with E-state index in [0.29, 0.717) is 6.54 Å². The molecular formula is C7H18N2O3S. The number of aliphatic hydroxyl groups excluding tert-OH is 1. The highest BCUT2D eigenvalue weighted by Gasteiger charge is 2.22. The largest absolute Gasteiger partial charge is 0.395 e. The molecule has 0 saturated carbocycles. The summed E-state index contributed by atoms with van der Waals surface area (Å²) in [4.78, 5) is 0. The first kappa shape index (κ1) is 12.8. The van der Waals surface area contributed by atoms with Gasteiger partial charge in [-0.25, -0.2) is 0 Å². The molecule has 6 heteroatoms. The van der Waals surface area contributed by atoms with Gasteiger partial charge in [-0.15, -0.1) is 0 Å². The topological polar surface area (TPSA) is 60.9 Å². The Kier molecular flexibility index (Phi) is 5.46. The number of hydrogen-bond acceptors (Lipinski definition) is 3. The predicted molar refractivity (Wildman–Crippen MR) is 51.6 cm³/mol. The van der Waals surface area contributed by atoms with Gasteiger partial charge >= 0.3 is 0 Å². The highest BCUT2D eigenvalue weighted by atomic mass is 32.2. The van der Waals surface area contributed by atoms with Gasteiger partial charge in [0.05, 0.1) is 6.61 Å². The van der Waals surface area contributed by atoms with E-state index in [1.54, 1.807) is 0 Å². The summed E-state index contributed by atoms with van der Waals surface area (Å²) in [6, 6.07) is 0. The Balaban J connectivity index is 4.52. The van der Waals surface area contributed by atoms with Crippen molar-refractivity contribution in [1.82, 2.24) is 8.61 Å². The minimum absolute atomic E-state index is 0.146. The molecule has 0 atom stereocenters. The number of rotatable bonds is 6. The maximum absolute atomic E-state index is 11.6. The summed E-state index contributed by atoms with van der Waals surface area (Å²) in [5.41, 5.74) is 0. The molecule has 13 heavy (non-hydrogen) atoms. The highest BCUT2D eigenvalue weighted by molar-refractivity contribution is 7.86. The first-order chi connectivity index (χ1) is 5.96. The molecule has 0 aliphatic rings. The molecule has 5 nitrogen and oxygen atoms in total. The van der Waals surface area contributed by atoms with Crippen LogP contribution in [0, 0.1) is 0 Å². The third kappa shape index (κ3) is 3.60. The molecule has 0 aromatic heterocycles. The van der Waals surface area contributed by atoms with Gasteiger partial charge in [-0.3, -0.25) is 0 Å². The van der Waals surface area contributed by atoms with Crippen molar-refractivity contribution >= 4 is 10.2 Å². The van der Waals surface area contributed by atoms with Gasteiger partial charge in [-0.05, 0) is 6.42 Å². The molecule has 0 aliphatic heterocycles. The molecule has 0 aromatic rings. The summed E-state index contributed by atoms with van der Waals surface area (Å²) in [6.07, 6.45) is 0.743. The third-order valence-electron chi connectivity index (χ3n) is 1.61. The van der Waals surface area contributed by atoms with Crippen LogP contribution >= 0.6 is 0 Å². The fourth-order valence-electron chi connectivity index (χ4n) is 0.934. The van der Waals surface area contributed by atoms with E-state index in [2.05, 4.69) is 0 Å². The van der Waals surface area contributed by atoms with E-state index in [-0.39, 0.29) is 13.2 Å². The van der Waals surface area contributed by atoms with E-state index in [0.717, 1.165) is 10.7 Å². The zero-order chi connectivity index (χ0) is 10.5. The van der Waals surface area contributed by atoms with Crippen molar-refractivity contribution in [3.8, 4) is 0 Å². The second kappa shape index (κ2) is 5.54. The normalized spacial score (nSPS) is 12.8. The van der Waals surface area contributed by atoms with Crippen molar-refractivity contribution in [3.63, 3.8) is 0 Å². The summed E-state index contributed by atoms with van der Waals surface area (Å²) in [7, 11) is -0.394. The van der Waals surface area contributed by atoms with Crippen LogP contribution in [-0.4, -0.2) is 55.9 Å². The highest BCUT2D eigenvalue weighted by Crippen LogP contribution is 2.04. The lowest BCUT2D eigenvalue weighted by atomic mass is 10.5. The zero-order valence-electron chi connectivity index (χ0n) is 8.39. The fraction of sp³-hybridized carbons (Fsp3) is 1.00. The van der Waals surface area contributed by atoms with E-state index >= 15 is 0 Å². The summed E-state index contributed by atoms with van der Waals surface area (Å²) in [5.74, 6) is 0. The minimum atomic E-state index is -3.36.